The summed E-state index contributed by atoms with van der Waals surface area (Å²) >= 11 is 0. The van der Waals surface area contributed by atoms with Crippen LogP contribution in [-0.2, 0) is 0 Å². The number of carbonyl (C=O) groups is 1. The first kappa shape index (κ1) is 18.0. The largest absolute Gasteiger partial charge is 0.507 e. The van der Waals surface area contributed by atoms with Gasteiger partial charge in [0.05, 0.1) is 12.7 Å². The third-order valence-electron chi connectivity index (χ3n) is 5.52. The number of nitrogens with one attached hydrogen (secondary N) is 1. The molecule has 0 unspecified atom stereocenters. The Balaban J connectivity index is 1.47. The third-order valence-corrected chi connectivity index (χ3v) is 5.52. The molecular weight excluding hydrogens is 318 g/mol. The summed E-state index contributed by atoms with van der Waals surface area (Å²) in [5.41, 5.74) is 0.297. The van der Waals surface area contributed by atoms with Crippen LogP contribution in [-0.4, -0.2) is 73.7 Å². The number of rotatable bonds is 5. The van der Waals surface area contributed by atoms with Crippen LogP contribution in [0, 0.1) is 5.92 Å². The predicted molar refractivity (Wildman–Crippen MR) is 97.2 cm³/mol. The molecule has 6 heteroatoms. The predicted octanol–water partition coefficient (Wildman–Crippen LogP) is 1.55. The first-order valence-corrected chi connectivity index (χ1v) is 9.14. The maximum absolute atomic E-state index is 12.3. The molecule has 25 heavy (non-hydrogen) atoms. The van der Waals surface area contributed by atoms with Gasteiger partial charge in [-0.25, -0.2) is 0 Å². The van der Waals surface area contributed by atoms with Crippen LogP contribution in [0.5, 0.6) is 11.5 Å². The van der Waals surface area contributed by atoms with E-state index in [0.29, 0.717) is 29.8 Å². The van der Waals surface area contributed by atoms with Crippen molar-refractivity contribution in [1.29, 1.82) is 0 Å². The maximum Gasteiger partial charge on any atom is 0.255 e. The lowest BCUT2D eigenvalue weighted by Gasteiger charge is -2.35. The van der Waals surface area contributed by atoms with Gasteiger partial charge in [-0.15, -0.1) is 0 Å². The van der Waals surface area contributed by atoms with Crippen molar-refractivity contribution < 1.29 is 14.6 Å². The fraction of sp³-hybridized carbons (Fsp3) is 0.632. The topological polar surface area (TPSA) is 65.0 Å². The minimum absolute atomic E-state index is 0.0452. The number of amides is 1. The highest BCUT2D eigenvalue weighted by molar-refractivity contribution is 5.97. The van der Waals surface area contributed by atoms with Gasteiger partial charge in [0.2, 0.25) is 0 Å². The fourth-order valence-electron chi connectivity index (χ4n) is 3.88. The average molecular weight is 347 g/mol. The van der Waals surface area contributed by atoms with Crippen molar-refractivity contribution in [3.63, 3.8) is 0 Å². The molecule has 1 amide bonds. The molecule has 0 radical (unpaired) electrons. The molecule has 138 valence electrons. The molecule has 6 nitrogen and oxygen atoms in total. The van der Waals surface area contributed by atoms with Gasteiger partial charge in [0.1, 0.15) is 11.5 Å². The van der Waals surface area contributed by atoms with Crippen molar-refractivity contribution in [3.05, 3.63) is 23.8 Å². The number of nitrogens with zero attached hydrogens (tertiary/aromatic N) is 2. The average Bonchev–Trinajstić information content (AvgIpc) is 3.09. The second-order valence-electron chi connectivity index (χ2n) is 7.28. The number of hydrogen-bond donors (Lipinski definition) is 2. The van der Waals surface area contributed by atoms with Gasteiger partial charge in [0, 0.05) is 25.2 Å². The van der Waals surface area contributed by atoms with E-state index in [9.17, 15) is 9.90 Å². The Kier molecular flexibility index (Phi) is 5.81. The van der Waals surface area contributed by atoms with E-state index < -0.39 is 0 Å². The lowest BCUT2D eigenvalue weighted by atomic mass is 10.0. The Labute approximate surface area is 149 Å². The number of benzene rings is 1. The van der Waals surface area contributed by atoms with E-state index in [4.69, 9.17) is 4.74 Å². The molecule has 1 atom stereocenters. The third kappa shape index (κ3) is 4.44. The number of ether oxygens (including phenoxy) is 1. The fourth-order valence-corrected chi connectivity index (χ4v) is 3.88. The van der Waals surface area contributed by atoms with Crippen molar-refractivity contribution in [2.24, 2.45) is 5.92 Å². The van der Waals surface area contributed by atoms with Crippen molar-refractivity contribution in [2.45, 2.75) is 25.3 Å². The van der Waals surface area contributed by atoms with Gasteiger partial charge in [0.15, 0.2) is 0 Å². The molecule has 2 aliphatic heterocycles. The number of hydrogen-bond acceptors (Lipinski definition) is 5. The summed E-state index contributed by atoms with van der Waals surface area (Å²) in [6, 6.07) is 5.45. The summed E-state index contributed by atoms with van der Waals surface area (Å²) in [6.07, 6.45) is 3.62. The van der Waals surface area contributed by atoms with Gasteiger partial charge >= 0.3 is 0 Å². The van der Waals surface area contributed by atoms with Crippen LogP contribution in [0.1, 0.15) is 29.6 Å². The Bertz CT molecular complexity index is 600. The van der Waals surface area contributed by atoms with Crippen LogP contribution in [0.2, 0.25) is 0 Å². The van der Waals surface area contributed by atoms with E-state index in [1.54, 1.807) is 12.1 Å². The molecule has 2 fully saturated rings. The summed E-state index contributed by atoms with van der Waals surface area (Å²) in [7, 11) is 3.72. The van der Waals surface area contributed by atoms with Gasteiger partial charge in [-0.2, -0.15) is 0 Å². The summed E-state index contributed by atoms with van der Waals surface area (Å²) < 4.78 is 5.05. The molecule has 0 aromatic heterocycles. The van der Waals surface area contributed by atoms with Crippen molar-refractivity contribution in [3.8, 4) is 11.5 Å². The molecule has 2 heterocycles. The Morgan fingerprint density at radius 3 is 2.72 bits per heavy atom. The van der Waals surface area contributed by atoms with Crippen molar-refractivity contribution in [2.75, 3.05) is 46.9 Å². The summed E-state index contributed by atoms with van der Waals surface area (Å²) in [5, 5.41) is 12.9. The first-order valence-electron chi connectivity index (χ1n) is 9.14. The Morgan fingerprint density at radius 1 is 1.28 bits per heavy atom. The van der Waals surface area contributed by atoms with E-state index in [2.05, 4.69) is 22.2 Å². The molecule has 0 saturated carbocycles. The second kappa shape index (κ2) is 8.06. The van der Waals surface area contributed by atoms with Crippen LogP contribution < -0.4 is 10.1 Å². The minimum atomic E-state index is -0.224. The quantitative estimate of drug-likeness (QED) is 0.846. The first-order chi connectivity index (χ1) is 12.1. The molecule has 0 aliphatic carbocycles. The number of aromatic hydroxyl groups is 1. The zero-order valence-electron chi connectivity index (χ0n) is 15.2. The van der Waals surface area contributed by atoms with Gasteiger partial charge < -0.3 is 20.1 Å². The van der Waals surface area contributed by atoms with Crippen LogP contribution >= 0.6 is 0 Å². The Morgan fingerprint density at radius 2 is 2.04 bits per heavy atom. The highest BCUT2D eigenvalue weighted by Crippen LogP contribution is 2.25. The summed E-state index contributed by atoms with van der Waals surface area (Å²) in [5.74, 6) is 0.761. The van der Waals surface area contributed by atoms with E-state index in [-0.39, 0.29) is 11.7 Å². The molecule has 0 spiro atoms. The number of phenols is 1. The highest BCUT2D eigenvalue weighted by atomic mass is 16.5. The SMILES string of the molecule is COc1ccc(C(=O)NC[C@@H]2CCN(C3CCN(C)CC3)C2)c(O)c1. The van der Waals surface area contributed by atoms with Crippen LogP contribution in [0.25, 0.3) is 0 Å². The Hall–Kier alpha value is -1.79. The lowest BCUT2D eigenvalue weighted by Crippen LogP contribution is -2.43. The molecule has 1 aromatic rings. The van der Waals surface area contributed by atoms with Crippen LogP contribution in [0.15, 0.2) is 18.2 Å². The smallest absolute Gasteiger partial charge is 0.255 e. The number of piperidine rings is 1. The molecule has 0 bridgehead atoms. The number of methoxy groups -OCH3 is 1. The zero-order valence-corrected chi connectivity index (χ0v) is 15.2. The molecule has 2 aliphatic rings. The van der Waals surface area contributed by atoms with Crippen LogP contribution in [0.4, 0.5) is 0 Å². The van der Waals surface area contributed by atoms with Gasteiger partial charge in [-0.1, -0.05) is 0 Å². The molecular formula is C19H29N3O3. The molecule has 2 saturated heterocycles. The van der Waals surface area contributed by atoms with Gasteiger partial charge in [-0.05, 0) is 64.0 Å². The maximum atomic E-state index is 12.3. The summed E-state index contributed by atoms with van der Waals surface area (Å²) in [6.45, 7) is 5.21. The molecule has 3 rings (SSSR count). The number of carbonyl (C=O) groups excluding carboxylic acids is 1. The van der Waals surface area contributed by atoms with Gasteiger partial charge in [0.25, 0.3) is 5.91 Å². The monoisotopic (exact) mass is 347 g/mol. The van der Waals surface area contributed by atoms with E-state index in [1.807, 2.05) is 0 Å². The second-order valence-corrected chi connectivity index (χ2v) is 7.28. The lowest BCUT2D eigenvalue weighted by molar-refractivity contribution is 0.0942. The van der Waals surface area contributed by atoms with Crippen molar-refractivity contribution >= 4 is 5.91 Å². The van der Waals surface area contributed by atoms with Gasteiger partial charge in [-0.3, -0.25) is 9.69 Å². The van der Waals surface area contributed by atoms with Crippen molar-refractivity contribution in [1.82, 2.24) is 15.1 Å². The van der Waals surface area contributed by atoms with Crippen LogP contribution in [0.3, 0.4) is 0 Å². The van der Waals surface area contributed by atoms with E-state index in [0.717, 1.165) is 19.5 Å². The summed E-state index contributed by atoms with van der Waals surface area (Å²) in [4.78, 5) is 17.3. The van der Waals surface area contributed by atoms with E-state index in [1.165, 1.54) is 39.1 Å². The standard InChI is InChI=1S/C19H29N3O3/c1-21-8-6-15(7-9-21)22-10-5-14(13-22)12-20-19(24)17-4-3-16(25-2)11-18(17)23/h3-4,11,14-15,23H,5-10,12-13H2,1-2H3,(H,20,24)/t14-/m0/s1. The van der Waals surface area contributed by atoms with E-state index >= 15 is 0 Å². The normalized spacial score (nSPS) is 22.9. The number of phenolic OH excluding ortho intramolecular Hbond substituents is 1. The highest BCUT2D eigenvalue weighted by Gasteiger charge is 2.30. The molecule has 1 aromatic carbocycles. The zero-order chi connectivity index (χ0) is 17.8. The minimum Gasteiger partial charge on any atom is -0.507 e. The number of likely N-dealkylation sites (tertiary alicyclic amines) is 2. The molecule has 2 N–H and O–H groups in total.